The molecule has 0 N–H and O–H groups in total. The van der Waals surface area contributed by atoms with Crippen molar-refractivity contribution < 1.29 is 0 Å². The fraction of sp³-hybridized carbons (Fsp3) is 0. The Labute approximate surface area is 342 Å². The molecule has 0 unspecified atom stereocenters. The highest BCUT2D eigenvalue weighted by molar-refractivity contribution is 7.26. The van der Waals surface area contributed by atoms with E-state index in [4.69, 9.17) is 15.0 Å². The van der Waals surface area contributed by atoms with E-state index < -0.39 is 0 Å². The lowest BCUT2D eigenvalue weighted by molar-refractivity contribution is 1.08. The third-order valence-corrected chi connectivity index (χ3v) is 13.7. The minimum Gasteiger partial charge on any atom is -0.208 e. The van der Waals surface area contributed by atoms with Gasteiger partial charge in [0.25, 0.3) is 0 Å². The number of nitrogens with zero attached hydrogens (tertiary/aromatic N) is 3. The second-order valence-corrected chi connectivity index (χ2v) is 16.9. The molecule has 0 aliphatic heterocycles. The summed E-state index contributed by atoms with van der Waals surface area (Å²) in [6.45, 7) is 0. The van der Waals surface area contributed by atoms with E-state index in [0.29, 0.717) is 17.5 Å². The van der Waals surface area contributed by atoms with Crippen molar-refractivity contribution >= 4 is 84.6 Å². The van der Waals surface area contributed by atoms with Gasteiger partial charge in [-0.25, -0.2) is 15.0 Å². The van der Waals surface area contributed by atoms with Crippen molar-refractivity contribution in [3.8, 4) is 56.4 Å². The summed E-state index contributed by atoms with van der Waals surface area (Å²) in [6, 6.07) is 67.4. The molecule has 0 aliphatic carbocycles. The Morgan fingerprint density at radius 3 is 1.60 bits per heavy atom. The maximum Gasteiger partial charge on any atom is 0.165 e. The molecule has 5 heteroatoms. The van der Waals surface area contributed by atoms with Crippen LogP contribution in [0.5, 0.6) is 0 Å². The zero-order valence-corrected chi connectivity index (χ0v) is 32.7. The Bertz CT molecular complexity index is 3580. The van der Waals surface area contributed by atoms with Gasteiger partial charge in [-0.2, -0.15) is 0 Å². The van der Waals surface area contributed by atoms with E-state index in [9.17, 15) is 0 Å². The van der Waals surface area contributed by atoms with Crippen molar-refractivity contribution in [1.29, 1.82) is 0 Å². The third-order valence-electron chi connectivity index (χ3n) is 11.3. The lowest BCUT2D eigenvalue weighted by atomic mass is 9.94. The second-order valence-electron chi connectivity index (χ2n) is 14.7. The van der Waals surface area contributed by atoms with Gasteiger partial charge in [0.05, 0.1) is 0 Å². The van der Waals surface area contributed by atoms with Crippen LogP contribution in [-0.2, 0) is 0 Å². The molecular formula is C53H31N3S2. The molecule has 0 spiro atoms. The van der Waals surface area contributed by atoms with Crippen molar-refractivity contribution in [3.63, 3.8) is 0 Å². The Morgan fingerprint density at radius 2 is 0.810 bits per heavy atom. The Balaban J connectivity index is 1.02. The van der Waals surface area contributed by atoms with Crippen LogP contribution in [0.2, 0.25) is 0 Å². The van der Waals surface area contributed by atoms with Gasteiger partial charge in [0.15, 0.2) is 17.5 Å². The van der Waals surface area contributed by atoms with Gasteiger partial charge in [-0.1, -0.05) is 140 Å². The van der Waals surface area contributed by atoms with Crippen LogP contribution in [0.3, 0.4) is 0 Å². The van der Waals surface area contributed by atoms with Gasteiger partial charge in [0.1, 0.15) is 0 Å². The van der Waals surface area contributed by atoms with Crippen molar-refractivity contribution in [2.75, 3.05) is 0 Å². The van der Waals surface area contributed by atoms with Gasteiger partial charge in [-0.15, -0.1) is 22.7 Å². The molecule has 270 valence electrons. The molecule has 0 amide bonds. The molecule has 0 aliphatic rings. The lowest BCUT2D eigenvalue weighted by Gasteiger charge is -2.13. The first-order chi connectivity index (χ1) is 28.7. The van der Waals surface area contributed by atoms with Gasteiger partial charge < -0.3 is 0 Å². The maximum absolute atomic E-state index is 5.30. The first-order valence-corrected chi connectivity index (χ1v) is 21.1. The summed E-state index contributed by atoms with van der Waals surface area (Å²) >= 11 is 3.64. The van der Waals surface area contributed by atoms with Crippen molar-refractivity contribution in [2.45, 2.75) is 0 Å². The second kappa shape index (κ2) is 13.3. The topological polar surface area (TPSA) is 38.7 Å². The van der Waals surface area contributed by atoms with Crippen molar-refractivity contribution in [1.82, 2.24) is 15.0 Å². The molecule has 3 aromatic heterocycles. The van der Waals surface area contributed by atoms with E-state index in [1.165, 1.54) is 68.0 Å². The number of hydrogen-bond acceptors (Lipinski definition) is 5. The number of aromatic nitrogens is 3. The third kappa shape index (κ3) is 5.43. The van der Waals surface area contributed by atoms with Crippen LogP contribution in [-0.4, -0.2) is 15.0 Å². The summed E-state index contributed by atoms with van der Waals surface area (Å²) < 4.78 is 5.06. The molecule has 0 bridgehead atoms. The molecule has 58 heavy (non-hydrogen) atoms. The van der Waals surface area contributed by atoms with E-state index >= 15 is 0 Å². The number of fused-ring (bicyclic) bond motifs is 8. The highest BCUT2D eigenvalue weighted by Crippen LogP contribution is 2.42. The van der Waals surface area contributed by atoms with E-state index in [2.05, 4.69) is 188 Å². The largest absolute Gasteiger partial charge is 0.208 e. The molecular weight excluding hydrogens is 743 g/mol. The molecule has 3 nitrogen and oxygen atoms in total. The van der Waals surface area contributed by atoms with Crippen molar-refractivity contribution in [3.05, 3.63) is 188 Å². The first-order valence-electron chi connectivity index (χ1n) is 19.4. The number of rotatable bonds is 5. The maximum atomic E-state index is 5.30. The molecule has 12 aromatic rings. The average molecular weight is 774 g/mol. The molecule has 3 heterocycles. The average Bonchev–Trinajstić information content (AvgIpc) is 3.87. The van der Waals surface area contributed by atoms with Crippen LogP contribution in [0.25, 0.3) is 118 Å². The summed E-state index contributed by atoms with van der Waals surface area (Å²) in [7, 11) is 0. The van der Waals surface area contributed by atoms with Gasteiger partial charge in [-0.05, 0) is 92.3 Å². The summed E-state index contributed by atoms with van der Waals surface area (Å²) in [5, 5.41) is 9.66. The highest BCUT2D eigenvalue weighted by Gasteiger charge is 2.19. The van der Waals surface area contributed by atoms with Gasteiger partial charge >= 0.3 is 0 Å². The fourth-order valence-corrected chi connectivity index (χ4v) is 10.8. The molecule has 9 aromatic carbocycles. The van der Waals surface area contributed by atoms with Crippen LogP contribution in [0.4, 0.5) is 0 Å². The number of thiophene rings is 2. The summed E-state index contributed by atoms with van der Waals surface area (Å²) in [6.07, 6.45) is 0. The van der Waals surface area contributed by atoms with Crippen LogP contribution < -0.4 is 0 Å². The Kier molecular flexibility index (Phi) is 7.58. The molecule has 0 atom stereocenters. The predicted octanol–water partition coefficient (Wildman–Crippen LogP) is 15.2. The van der Waals surface area contributed by atoms with Gasteiger partial charge in [0, 0.05) is 57.0 Å². The fourth-order valence-electron chi connectivity index (χ4n) is 8.50. The highest BCUT2D eigenvalue weighted by atomic mass is 32.1. The zero-order valence-electron chi connectivity index (χ0n) is 31.1. The van der Waals surface area contributed by atoms with Gasteiger partial charge in [-0.3, -0.25) is 0 Å². The standard InChI is InChI=1S/C53H31N3S2/c1-2-11-32(12-3-1)38-26-27-44(40-14-5-4-13-39(38)40)52-54-51(55-53(56-52)45-18-10-17-43-41-15-6-9-20-48(41)58-50(43)45)37-24-23-33-29-34(21-22-35(33)30-37)36-25-28-49-46(31-36)42-16-7-8-19-47(42)57-49/h1-31H. The summed E-state index contributed by atoms with van der Waals surface area (Å²) in [5.74, 6) is 1.97. The Hall–Kier alpha value is -7.05. The SMILES string of the molecule is c1ccc(-c2ccc(-c3nc(-c4ccc5cc(-c6ccc7sc8ccccc8c7c6)ccc5c4)nc(-c4cccc5c4sc4ccccc45)n3)c3ccccc23)cc1. The van der Waals surface area contributed by atoms with Gasteiger partial charge in [0.2, 0.25) is 0 Å². The monoisotopic (exact) mass is 773 g/mol. The van der Waals surface area contributed by atoms with Crippen LogP contribution >= 0.6 is 22.7 Å². The van der Waals surface area contributed by atoms with E-state index in [1.54, 1.807) is 11.3 Å². The van der Waals surface area contributed by atoms with E-state index in [0.717, 1.165) is 32.8 Å². The zero-order chi connectivity index (χ0) is 38.2. The number of benzene rings is 9. The molecule has 0 fully saturated rings. The first kappa shape index (κ1) is 33.1. The Morgan fingerprint density at radius 1 is 0.276 bits per heavy atom. The van der Waals surface area contributed by atoms with Crippen LogP contribution in [0.15, 0.2) is 188 Å². The smallest absolute Gasteiger partial charge is 0.165 e. The number of hydrogen-bond donors (Lipinski definition) is 0. The predicted molar refractivity (Wildman–Crippen MR) is 248 cm³/mol. The van der Waals surface area contributed by atoms with Crippen molar-refractivity contribution in [2.24, 2.45) is 0 Å². The minimum atomic E-state index is 0.648. The quantitative estimate of drug-likeness (QED) is 0.175. The summed E-state index contributed by atoms with van der Waals surface area (Å²) in [5.41, 5.74) is 7.71. The molecule has 12 rings (SSSR count). The summed E-state index contributed by atoms with van der Waals surface area (Å²) in [4.78, 5) is 15.9. The lowest BCUT2D eigenvalue weighted by Crippen LogP contribution is -2.01. The van der Waals surface area contributed by atoms with Crippen LogP contribution in [0, 0.1) is 0 Å². The molecule has 0 radical (unpaired) electrons. The van der Waals surface area contributed by atoms with E-state index in [1.807, 2.05) is 11.3 Å². The van der Waals surface area contributed by atoms with Crippen LogP contribution in [0.1, 0.15) is 0 Å². The minimum absolute atomic E-state index is 0.648. The molecule has 0 saturated carbocycles. The normalized spacial score (nSPS) is 11.8. The van der Waals surface area contributed by atoms with E-state index in [-0.39, 0.29) is 0 Å². The molecule has 0 saturated heterocycles.